The fourth-order valence-electron chi connectivity index (χ4n) is 2.38. The van der Waals surface area contributed by atoms with Gasteiger partial charge in [-0.15, -0.1) is 0 Å². The zero-order valence-corrected chi connectivity index (χ0v) is 16.7. The number of hydrogen-bond acceptors (Lipinski definition) is 6. The zero-order chi connectivity index (χ0) is 21.1. The summed E-state index contributed by atoms with van der Waals surface area (Å²) in [5, 5.41) is 4.79. The number of nitrogens with one attached hydrogen (secondary N) is 2. The third-order valence-corrected chi connectivity index (χ3v) is 4.51. The van der Waals surface area contributed by atoms with Crippen molar-refractivity contribution in [1.29, 1.82) is 0 Å². The van der Waals surface area contributed by atoms with Crippen LogP contribution in [0.15, 0.2) is 60.7 Å². The molecular weight excluding hydrogens is 392 g/mol. The van der Waals surface area contributed by atoms with Gasteiger partial charge in [-0.1, -0.05) is 36.4 Å². The number of benzene rings is 2. The van der Waals surface area contributed by atoms with Gasteiger partial charge in [0.25, 0.3) is 17.7 Å². The molecule has 152 valence electrons. The summed E-state index contributed by atoms with van der Waals surface area (Å²) >= 11 is 1.52. The Labute approximate surface area is 173 Å². The first kappa shape index (κ1) is 22.2. The molecule has 2 aromatic rings. The second-order valence-electron chi connectivity index (χ2n) is 6.02. The molecule has 0 unspecified atom stereocenters. The zero-order valence-electron chi connectivity index (χ0n) is 15.9. The first-order valence-corrected chi connectivity index (χ1v) is 10.3. The maximum absolute atomic E-state index is 12.4. The van der Waals surface area contributed by atoms with Gasteiger partial charge in [0.05, 0.1) is 0 Å². The second-order valence-corrected chi connectivity index (χ2v) is 7.01. The van der Waals surface area contributed by atoms with Gasteiger partial charge in [-0.2, -0.15) is 11.8 Å². The van der Waals surface area contributed by atoms with Crippen molar-refractivity contribution in [3.8, 4) is 0 Å². The highest BCUT2D eigenvalue weighted by Crippen LogP contribution is 2.06. The lowest BCUT2D eigenvalue weighted by molar-refractivity contribution is -0.150. The first-order valence-electron chi connectivity index (χ1n) is 8.92. The van der Waals surface area contributed by atoms with Crippen molar-refractivity contribution in [3.05, 3.63) is 71.8 Å². The van der Waals surface area contributed by atoms with Gasteiger partial charge >= 0.3 is 5.97 Å². The molecule has 0 aliphatic rings. The van der Waals surface area contributed by atoms with Crippen LogP contribution in [-0.2, 0) is 14.3 Å². The number of rotatable bonds is 9. The number of imide groups is 1. The largest absolute Gasteiger partial charge is 0.454 e. The molecule has 0 fully saturated rings. The molecule has 0 heterocycles. The van der Waals surface area contributed by atoms with Crippen LogP contribution in [-0.4, -0.2) is 48.3 Å². The molecule has 0 bridgehead atoms. The lowest BCUT2D eigenvalue weighted by Crippen LogP contribution is -2.43. The first-order chi connectivity index (χ1) is 14.0. The maximum atomic E-state index is 12.4. The Kier molecular flexibility index (Phi) is 8.91. The molecule has 0 aliphatic carbocycles. The summed E-state index contributed by atoms with van der Waals surface area (Å²) in [7, 11) is 0. The van der Waals surface area contributed by atoms with Gasteiger partial charge in [0.2, 0.25) is 0 Å². The molecule has 8 heteroatoms. The molecule has 29 heavy (non-hydrogen) atoms. The summed E-state index contributed by atoms with van der Waals surface area (Å²) in [5.74, 6) is -1.84. The predicted octanol–water partition coefficient (Wildman–Crippen LogP) is 2.04. The van der Waals surface area contributed by atoms with Gasteiger partial charge < -0.3 is 10.1 Å². The van der Waals surface area contributed by atoms with Gasteiger partial charge in [-0.3, -0.25) is 19.7 Å². The summed E-state index contributed by atoms with van der Waals surface area (Å²) in [4.78, 5) is 48.5. The fraction of sp³-hybridized carbons (Fsp3) is 0.238. The Morgan fingerprint density at radius 1 is 0.897 bits per heavy atom. The van der Waals surface area contributed by atoms with E-state index in [2.05, 4.69) is 10.6 Å². The topological polar surface area (TPSA) is 102 Å². The summed E-state index contributed by atoms with van der Waals surface area (Å²) in [6.07, 6.45) is 2.23. The fourth-order valence-corrected chi connectivity index (χ4v) is 2.85. The standard InChI is InChI=1S/C21H22N2O5S/c1-29-13-12-17(22-19(25)15-8-4-2-5-9-15)21(27)28-14-18(24)23-20(26)16-10-6-3-7-11-16/h2-11,17H,12-14H2,1H3,(H,22,25)(H,23,24,26)/t17-/m0/s1. The number of thioether (sulfide) groups is 1. The molecule has 0 aromatic heterocycles. The van der Waals surface area contributed by atoms with Crippen molar-refractivity contribution in [1.82, 2.24) is 10.6 Å². The van der Waals surface area contributed by atoms with Crippen LogP contribution >= 0.6 is 11.8 Å². The highest BCUT2D eigenvalue weighted by Gasteiger charge is 2.23. The summed E-state index contributed by atoms with van der Waals surface area (Å²) in [6.45, 7) is -0.617. The maximum Gasteiger partial charge on any atom is 0.329 e. The van der Waals surface area contributed by atoms with Crippen molar-refractivity contribution in [2.24, 2.45) is 0 Å². The molecule has 3 amide bonds. The van der Waals surface area contributed by atoms with Crippen molar-refractivity contribution in [2.45, 2.75) is 12.5 Å². The van der Waals surface area contributed by atoms with E-state index in [0.717, 1.165) is 0 Å². The van der Waals surface area contributed by atoms with E-state index >= 15 is 0 Å². The Bertz CT molecular complexity index is 843. The van der Waals surface area contributed by atoms with E-state index in [9.17, 15) is 19.2 Å². The number of amides is 3. The Morgan fingerprint density at radius 3 is 2.00 bits per heavy atom. The number of carbonyl (C=O) groups is 4. The minimum Gasteiger partial charge on any atom is -0.454 e. The van der Waals surface area contributed by atoms with Crippen molar-refractivity contribution in [2.75, 3.05) is 18.6 Å². The van der Waals surface area contributed by atoms with Crippen LogP contribution in [0.3, 0.4) is 0 Å². The van der Waals surface area contributed by atoms with Gasteiger partial charge in [0, 0.05) is 11.1 Å². The third-order valence-electron chi connectivity index (χ3n) is 3.87. The van der Waals surface area contributed by atoms with E-state index in [4.69, 9.17) is 4.74 Å². The van der Waals surface area contributed by atoms with E-state index in [-0.39, 0.29) is 0 Å². The number of hydrogen-bond donors (Lipinski definition) is 2. The van der Waals surface area contributed by atoms with Crippen LogP contribution in [0.5, 0.6) is 0 Å². The molecular formula is C21H22N2O5S. The summed E-state index contributed by atoms with van der Waals surface area (Å²) < 4.78 is 5.01. The average Bonchev–Trinajstić information content (AvgIpc) is 2.76. The molecule has 7 nitrogen and oxygen atoms in total. The smallest absolute Gasteiger partial charge is 0.329 e. The van der Waals surface area contributed by atoms with Gasteiger partial charge in [-0.05, 0) is 42.7 Å². The molecule has 2 rings (SSSR count). The van der Waals surface area contributed by atoms with Gasteiger partial charge in [0.1, 0.15) is 6.04 Å². The molecule has 0 saturated heterocycles. The van der Waals surface area contributed by atoms with Crippen LogP contribution in [0, 0.1) is 0 Å². The number of carbonyl (C=O) groups excluding carboxylic acids is 4. The minimum absolute atomic E-state index is 0.320. The monoisotopic (exact) mass is 414 g/mol. The van der Waals surface area contributed by atoms with Gasteiger partial charge in [-0.25, -0.2) is 4.79 Å². The lowest BCUT2D eigenvalue weighted by atomic mass is 10.1. The van der Waals surface area contributed by atoms with Crippen LogP contribution in [0.2, 0.25) is 0 Å². The third kappa shape index (κ3) is 7.42. The molecule has 0 radical (unpaired) electrons. The van der Waals surface area contributed by atoms with Crippen LogP contribution in [0.25, 0.3) is 0 Å². The number of esters is 1. The van der Waals surface area contributed by atoms with Crippen molar-refractivity contribution < 1.29 is 23.9 Å². The molecule has 0 spiro atoms. The Hall–Kier alpha value is -3.13. The summed E-state index contributed by atoms with van der Waals surface area (Å²) in [5.41, 5.74) is 0.737. The van der Waals surface area contributed by atoms with E-state index in [1.807, 2.05) is 6.26 Å². The normalized spacial score (nSPS) is 11.2. The molecule has 1 atom stereocenters. The van der Waals surface area contributed by atoms with Crippen LogP contribution < -0.4 is 10.6 Å². The van der Waals surface area contributed by atoms with E-state index in [1.54, 1.807) is 60.7 Å². The quantitative estimate of drug-likeness (QED) is 0.609. The molecule has 0 aliphatic heterocycles. The predicted molar refractivity (Wildman–Crippen MR) is 111 cm³/mol. The summed E-state index contributed by atoms with van der Waals surface area (Å²) in [6, 6.07) is 15.8. The minimum atomic E-state index is -0.896. The van der Waals surface area contributed by atoms with Crippen molar-refractivity contribution in [3.63, 3.8) is 0 Å². The number of ether oxygens (including phenoxy) is 1. The average molecular weight is 414 g/mol. The van der Waals surface area contributed by atoms with E-state index < -0.39 is 36.3 Å². The second kappa shape index (κ2) is 11.7. The highest BCUT2D eigenvalue weighted by atomic mass is 32.2. The molecule has 0 saturated carbocycles. The Morgan fingerprint density at radius 2 is 1.45 bits per heavy atom. The van der Waals surface area contributed by atoms with E-state index in [1.165, 1.54) is 11.8 Å². The van der Waals surface area contributed by atoms with Crippen molar-refractivity contribution >= 4 is 35.5 Å². The van der Waals surface area contributed by atoms with Crippen LogP contribution in [0.1, 0.15) is 27.1 Å². The highest BCUT2D eigenvalue weighted by molar-refractivity contribution is 7.98. The lowest BCUT2D eigenvalue weighted by Gasteiger charge is -2.17. The SMILES string of the molecule is CSCC[C@H](NC(=O)c1ccccc1)C(=O)OCC(=O)NC(=O)c1ccccc1. The van der Waals surface area contributed by atoms with Gasteiger partial charge in [0.15, 0.2) is 6.61 Å². The Balaban J connectivity index is 1.89. The van der Waals surface area contributed by atoms with Crippen LogP contribution in [0.4, 0.5) is 0 Å². The van der Waals surface area contributed by atoms with E-state index in [0.29, 0.717) is 23.3 Å². The molecule has 2 aromatic carbocycles. The molecule has 2 N–H and O–H groups in total.